The van der Waals surface area contributed by atoms with Crippen molar-refractivity contribution in [1.82, 2.24) is 5.32 Å². The minimum Gasteiger partial charge on any atom is -0.316 e. The van der Waals surface area contributed by atoms with E-state index >= 15 is 0 Å². The molecule has 94 valence electrons. The topological polar surface area (TPSA) is 12.0 Å². The second kappa shape index (κ2) is 6.07. The summed E-state index contributed by atoms with van der Waals surface area (Å²) in [7, 11) is 1.98. The van der Waals surface area contributed by atoms with Crippen LogP contribution in [0.15, 0.2) is 52.3 Å². The molecule has 18 heavy (non-hydrogen) atoms. The summed E-state index contributed by atoms with van der Waals surface area (Å²) >= 11 is 1.83. The summed E-state index contributed by atoms with van der Waals surface area (Å²) in [6.07, 6.45) is 0. The molecule has 0 spiro atoms. The minimum atomic E-state index is 0.932. The van der Waals surface area contributed by atoms with Gasteiger partial charge in [0, 0.05) is 16.3 Å². The Labute approximate surface area is 114 Å². The first-order valence-electron chi connectivity index (χ1n) is 6.18. The van der Waals surface area contributed by atoms with Crippen molar-refractivity contribution in [2.45, 2.75) is 30.2 Å². The average Bonchev–Trinajstić information content (AvgIpc) is 2.36. The van der Waals surface area contributed by atoms with Crippen LogP contribution in [0.25, 0.3) is 0 Å². The van der Waals surface area contributed by atoms with E-state index in [1.165, 1.54) is 26.5 Å². The molecule has 0 saturated heterocycles. The number of benzene rings is 2. The van der Waals surface area contributed by atoms with Crippen molar-refractivity contribution in [3.63, 3.8) is 0 Å². The fourth-order valence-electron chi connectivity index (χ4n) is 1.92. The molecule has 0 atom stereocenters. The van der Waals surface area contributed by atoms with Crippen molar-refractivity contribution < 1.29 is 0 Å². The number of hydrogen-bond acceptors (Lipinski definition) is 2. The SMILES string of the molecule is CNCc1ccc(Sc2ccccc2C)cc1C. The lowest BCUT2D eigenvalue weighted by atomic mass is 10.1. The van der Waals surface area contributed by atoms with Gasteiger partial charge in [-0.3, -0.25) is 0 Å². The first-order valence-corrected chi connectivity index (χ1v) is 7.00. The van der Waals surface area contributed by atoms with E-state index in [1.807, 2.05) is 18.8 Å². The lowest BCUT2D eigenvalue weighted by Crippen LogP contribution is -2.06. The van der Waals surface area contributed by atoms with Gasteiger partial charge in [0.05, 0.1) is 0 Å². The Morgan fingerprint density at radius 3 is 2.44 bits per heavy atom. The summed E-state index contributed by atoms with van der Waals surface area (Å²) < 4.78 is 0. The highest BCUT2D eigenvalue weighted by Crippen LogP contribution is 2.31. The highest BCUT2D eigenvalue weighted by Gasteiger charge is 2.03. The molecule has 2 aromatic rings. The predicted octanol–water partition coefficient (Wildman–Crippen LogP) is 4.17. The number of hydrogen-bond donors (Lipinski definition) is 1. The second-order valence-corrected chi connectivity index (χ2v) is 5.60. The average molecular weight is 257 g/mol. The van der Waals surface area contributed by atoms with Gasteiger partial charge in [-0.15, -0.1) is 0 Å². The van der Waals surface area contributed by atoms with E-state index in [-0.39, 0.29) is 0 Å². The molecule has 0 aromatic heterocycles. The maximum Gasteiger partial charge on any atom is 0.0205 e. The highest BCUT2D eigenvalue weighted by molar-refractivity contribution is 7.99. The summed E-state index contributed by atoms with van der Waals surface area (Å²) in [5, 5.41) is 3.20. The molecule has 0 aliphatic carbocycles. The van der Waals surface area contributed by atoms with Gasteiger partial charge in [0.25, 0.3) is 0 Å². The van der Waals surface area contributed by atoms with Gasteiger partial charge < -0.3 is 5.32 Å². The van der Waals surface area contributed by atoms with Crippen molar-refractivity contribution in [1.29, 1.82) is 0 Å². The molecular weight excluding hydrogens is 238 g/mol. The Bertz CT molecular complexity index is 534. The Morgan fingerprint density at radius 2 is 1.78 bits per heavy atom. The molecule has 0 bridgehead atoms. The lowest BCUT2D eigenvalue weighted by Gasteiger charge is -2.09. The van der Waals surface area contributed by atoms with Crippen LogP contribution in [0.1, 0.15) is 16.7 Å². The third-order valence-electron chi connectivity index (χ3n) is 3.00. The predicted molar refractivity (Wildman–Crippen MR) is 79.2 cm³/mol. The van der Waals surface area contributed by atoms with Gasteiger partial charge in [-0.25, -0.2) is 0 Å². The largest absolute Gasteiger partial charge is 0.316 e. The molecule has 0 amide bonds. The fourth-order valence-corrected chi connectivity index (χ4v) is 2.92. The molecule has 2 aromatic carbocycles. The van der Waals surface area contributed by atoms with Crippen LogP contribution in [0.4, 0.5) is 0 Å². The van der Waals surface area contributed by atoms with Crippen molar-refractivity contribution in [3.05, 3.63) is 59.2 Å². The smallest absolute Gasteiger partial charge is 0.0205 e. The summed E-state index contributed by atoms with van der Waals surface area (Å²) in [6, 6.07) is 15.2. The normalized spacial score (nSPS) is 10.6. The van der Waals surface area contributed by atoms with E-state index in [2.05, 4.69) is 61.6 Å². The van der Waals surface area contributed by atoms with Crippen LogP contribution in [-0.4, -0.2) is 7.05 Å². The molecule has 0 radical (unpaired) electrons. The van der Waals surface area contributed by atoms with Gasteiger partial charge in [-0.2, -0.15) is 0 Å². The minimum absolute atomic E-state index is 0.932. The number of aryl methyl sites for hydroxylation is 2. The highest BCUT2D eigenvalue weighted by atomic mass is 32.2. The van der Waals surface area contributed by atoms with Gasteiger partial charge in [-0.05, 0) is 55.8 Å². The van der Waals surface area contributed by atoms with E-state index in [9.17, 15) is 0 Å². The Morgan fingerprint density at radius 1 is 1.00 bits per heavy atom. The standard InChI is InChI=1S/C16H19NS/c1-12-6-4-5-7-16(12)18-15-9-8-14(11-17-3)13(2)10-15/h4-10,17H,11H2,1-3H3. The first-order chi connectivity index (χ1) is 8.70. The van der Waals surface area contributed by atoms with Crippen LogP contribution in [-0.2, 0) is 6.54 Å². The van der Waals surface area contributed by atoms with Gasteiger partial charge in [0.15, 0.2) is 0 Å². The molecule has 1 nitrogen and oxygen atoms in total. The van der Waals surface area contributed by atoms with E-state index in [4.69, 9.17) is 0 Å². The van der Waals surface area contributed by atoms with Crippen molar-refractivity contribution >= 4 is 11.8 Å². The van der Waals surface area contributed by atoms with Crippen molar-refractivity contribution in [2.24, 2.45) is 0 Å². The van der Waals surface area contributed by atoms with Crippen LogP contribution in [0.3, 0.4) is 0 Å². The van der Waals surface area contributed by atoms with Crippen LogP contribution in [0.2, 0.25) is 0 Å². The van der Waals surface area contributed by atoms with Crippen LogP contribution < -0.4 is 5.32 Å². The van der Waals surface area contributed by atoms with E-state index in [0.29, 0.717) is 0 Å². The van der Waals surface area contributed by atoms with Crippen LogP contribution >= 0.6 is 11.8 Å². The van der Waals surface area contributed by atoms with E-state index in [1.54, 1.807) is 0 Å². The maximum atomic E-state index is 3.20. The number of rotatable bonds is 4. The summed E-state index contributed by atoms with van der Waals surface area (Å²) in [6.45, 7) is 5.26. The van der Waals surface area contributed by atoms with Crippen molar-refractivity contribution in [3.8, 4) is 0 Å². The third-order valence-corrected chi connectivity index (χ3v) is 4.17. The van der Waals surface area contributed by atoms with Gasteiger partial charge in [0.2, 0.25) is 0 Å². The molecule has 1 N–H and O–H groups in total. The van der Waals surface area contributed by atoms with Crippen molar-refractivity contribution in [2.75, 3.05) is 7.05 Å². The molecule has 0 saturated carbocycles. The summed E-state index contributed by atoms with van der Waals surface area (Å²) in [4.78, 5) is 2.64. The molecular formula is C16H19NS. The molecule has 2 heteroatoms. The lowest BCUT2D eigenvalue weighted by molar-refractivity contribution is 0.811. The summed E-state index contributed by atoms with van der Waals surface area (Å²) in [5.74, 6) is 0. The van der Waals surface area contributed by atoms with Gasteiger partial charge in [-0.1, -0.05) is 36.0 Å². The van der Waals surface area contributed by atoms with E-state index in [0.717, 1.165) is 6.54 Å². The zero-order valence-corrected chi connectivity index (χ0v) is 12.0. The zero-order valence-electron chi connectivity index (χ0n) is 11.2. The second-order valence-electron chi connectivity index (χ2n) is 4.49. The Balaban J connectivity index is 2.20. The monoisotopic (exact) mass is 257 g/mol. The van der Waals surface area contributed by atoms with E-state index < -0.39 is 0 Å². The number of nitrogens with one attached hydrogen (secondary N) is 1. The fraction of sp³-hybridized carbons (Fsp3) is 0.250. The summed E-state index contributed by atoms with van der Waals surface area (Å²) in [5.41, 5.74) is 4.05. The Hall–Kier alpha value is -1.25. The molecule has 0 aliphatic rings. The third kappa shape index (κ3) is 3.15. The molecule has 0 unspecified atom stereocenters. The first kappa shape index (κ1) is 13.2. The molecule has 0 fully saturated rings. The van der Waals surface area contributed by atoms with Gasteiger partial charge in [0.1, 0.15) is 0 Å². The van der Waals surface area contributed by atoms with Crippen LogP contribution in [0.5, 0.6) is 0 Å². The van der Waals surface area contributed by atoms with Gasteiger partial charge >= 0.3 is 0 Å². The Kier molecular flexibility index (Phi) is 4.45. The zero-order chi connectivity index (χ0) is 13.0. The molecule has 0 aliphatic heterocycles. The molecule has 0 heterocycles. The maximum absolute atomic E-state index is 3.20. The quantitative estimate of drug-likeness (QED) is 0.882. The molecule has 2 rings (SSSR count). The van der Waals surface area contributed by atoms with Crippen LogP contribution in [0, 0.1) is 13.8 Å².